The highest BCUT2D eigenvalue weighted by molar-refractivity contribution is 8.00. The molecule has 1 aliphatic rings. The van der Waals surface area contributed by atoms with E-state index < -0.39 is 0 Å². The Labute approximate surface area is 123 Å². The predicted molar refractivity (Wildman–Crippen MR) is 82.3 cm³/mol. The van der Waals surface area contributed by atoms with E-state index in [9.17, 15) is 4.79 Å². The molecular weight excluding hydrogens is 266 g/mol. The summed E-state index contributed by atoms with van der Waals surface area (Å²) in [5, 5.41) is 0.375. The monoisotopic (exact) mass is 283 g/mol. The summed E-state index contributed by atoms with van der Waals surface area (Å²) >= 11 is 1.84. The van der Waals surface area contributed by atoms with Gasteiger partial charge < -0.3 is 0 Å². The number of carbonyl (C=O) groups excluding carboxylic acids is 1. The predicted octanol–water partition coefficient (Wildman–Crippen LogP) is 4.07. The highest BCUT2D eigenvalue weighted by atomic mass is 32.2. The number of fused-ring (bicyclic) bond motifs is 1. The number of aromatic nitrogens is 1. The minimum atomic E-state index is 0.279. The Hall–Kier alpha value is -1.61. The van der Waals surface area contributed by atoms with Crippen molar-refractivity contribution in [2.45, 2.75) is 36.3 Å². The van der Waals surface area contributed by atoms with Crippen molar-refractivity contribution in [1.82, 2.24) is 4.98 Å². The second kappa shape index (κ2) is 5.80. The molecule has 1 unspecified atom stereocenters. The number of pyridine rings is 1. The van der Waals surface area contributed by atoms with Gasteiger partial charge in [-0.1, -0.05) is 18.2 Å². The van der Waals surface area contributed by atoms with Crippen LogP contribution in [0.1, 0.15) is 34.5 Å². The van der Waals surface area contributed by atoms with E-state index in [1.807, 2.05) is 42.2 Å². The number of benzene rings is 1. The number of thioether (sulfide) groups is 1. The number of hydrogen-bond acceptors (Lipinski definition) is 3. The summed E-state index contributed by atoms with van der Waals surface area (Å²) in [5.74, 6) is 0.279. The van der Waals surface area contributed by atoms with Crippen LogP contribution in [-0.2, 0) is 6.42 Å². The Morgan fingerprint density at radius 3 is 3.00 bits per heavy atom. The Morgan fingerprint density at radius 1 is 1.30 bits per heavy atom. The molecule has 1 aromatic heterocycles. The van der Waals surface area contributed by atoms with Crippen LogP contribution in [0.15, 0.2) is 47.5 Å². The third-order valence-corrected chi connectivity index (χ3v) is 4.93. The highest BCUT2D eigenvalue weighted by Crippen LogP contribution is 2.36. The molecule has 0 bridgehead atoms. The SMILES string of the molecule is Cc1ccnc(CCC2CC(=O)c3ccccc3S2)c1. The first-order valence-electron chi connectivity index (χ1n) is 6.93. The summed E-state index contributed by atoms with van der Waals surface area (Å²) in [5.41, 5.74) is 3.26. The summed E-state index contributed by atoms with van der Waals surface area (Å²) in [6, 6.07) is 12.1. The van der Waals surface area contributed by atoms with Gasteiger partial charge in [-0.15, -0.1) is 11.8 Å². The van der Waals surface area contributed by atoms with E-state index in [-0.39, 0.29) is 5.78 Å². The first kappa shape index (κ1) is 13.4. The fourth-order valence-electron chi connectivity index (χ4n) is 2.54. The lowest BCUT2D eigenvalue weighted by Crippen LogP contribution is -2.18. The minimum Gasteiger partial charge on any atom is -0.294 e. The molecule has 0 radical (unpaired) electrons. The van der Waals surface area contributed by atoms with Crippen LogP contribution in [0.2, 0.25) is 0 Å². The maximum absolute atomic E-state index is 12.1. The van der Waals surface area contributed by atoms with Crippen molar-refractivity contribution in [3.63, 3.8) is 0 Å². The number of hydrogen-bond donors (Lipinski definition) is 0. The van der Waals surface area contributed by atoms with Gasteiger partial charge in [-0.3, -0.25) is 9.78 Å². The van der Waals surface area contributed by atoms with Crippen LogP contribution < -0.4 is 0 Å². The van der Waals surface area contributed by atoms with Crippen molar-refractivity contribution in [3.05, 3.63) is 59.4 Å². The summed E-state index contributed by atoms with van der Waals surface area (Å²) in [4.78, 5) is 17.7. The molecule has 3 rings (SSSR count). The van der Waals surface area contributed by atoms with E-state index in [2.05, 4.69) is 24.0 Å². The van der Waals surface area contributed by atoms with Gasteiger partial charge >= 0.3 is 0 Å². The first-order chi connectivity index (χ1) is 9.72. The van der Waals surface area contributed by atoms with Crippen molar-refractivity contribution in [1.29, 1.82) is 0 Å². The molecule has 102 valence electrons. The number of nitrogens with zero attached hydrogens (tertiary/aromatic N) is 1. The normalized spacial score (nSPS) is 17.9. The molecule has 3 heteroatoms. The molecule has 1 aliphatic heterocycles. The fraction of sp³-hybridized carbons (Fsp3) is 0.294. The van der Waals surface area contributed by atoms with Gasteiger partial charge in [0.05, 0.1) is 0 Å². The van der Waals surface area contributed by atoms with Gasteiger partial charge in [0.25, 0.3) is 0 Å². The summed E-state index contributed by atoms with van der Waals surface area (Å²) in [7, 11) is 0. The maximum Gasteiger partial charge on any atom is 0.165 e. The smallest absolute Gasteiger partial charge is 0.165 e. The fourth-order valence-corrected chi connectivity index (χ4v) is 3.84. The number of ketones is 1. The van der Waals surface area contributed by atoms with E-state index in [1.54, 1.807) is 0 Å². The molecule has 1 aromatic carbocycles. The van der Waals surface area contributed by atoms with E-state index >= 15 is 0 Å². The number of rotatable bonds is 3. The molecule has 0 saturated heterocycles. The van der Waals surface area contributed by atoms with E-state index in [4.69, 9.17) is 0 Å². The molecule has 0 fully saturated rings. The molecular formula is C17H17NOS. The Morgan fingerprint density at radius 2 is 2.15 bits per heavy atom. The zero-order valence-electron chi connectivity index (χ0n) is 11.5. The van der Waals surface area contributed by atoms with Gasteiger partial charge in [-0.25, -0.2) is 0 Å². The quantitative estimate of drug-likeness (QED) is 0.850. The molecule has 1 atom stereocenters. The molecule has 0 spiro atoms. The molecule has 0 aliphatic carbocycles. The average Bonchev–Trinajstić information content (AvgIpc) is 2.45. The van der Waals surface area contributed by atoms with Gasteiger partial charge in [-0.2, -0.15) is 0 Å². The van der Waals surface area contributed by atoms with Gasteiger partial charge in [0.15, 0.2) is 5.78 Å². The van der Waals surface area contributed by atoms with Crippen LogP contribution in [0.5, 0.6) is 0 Å². The van der Waals surface area contributed by atoms with E-state index in [1.165, 1.54) is 5.56 Å². The van der Waals surface area contributed by atoms with Crippen molar-refractivity contribution in [2.24, 2.45) is 0 Å². The lowest BCUT2D eigenvalue weighted by Gasteiger charge is -2.22. The largest absolute Gasteiger partial charge is 0.294 e. The third-order valence-electron chi connectivity index (χ3n) is 3.59. The Balaban J connectivity index is 1.67. The minimum absolute atomic E-state index is 0.279. The molecule has 0 amide bonds. The standard InChI is InChI=1S/C17H17NOS/c1-12-8-9-18-13(10-12)6-7-14-11-16(19)15-4-2-3-5-17(15)20-14/h2-5,8-10,14H,6-7,11H2,1H3. The summed E-state index contributed by atoms with van der Waals surface area (Å²) in [6.45, 7) is 2.08. The highest BCUT2D eigenvalue weighted by Gasteiger charge is 2.25. The van der Waals surface area contributed by atoms with Crippen molar-refractivity contribution >= 4 is 17.5 Å². The van der Waals surface area contributed by atoms with Crippen molar-refractivity contribution in [3.8, 4) is 0 Å². The molecule has 20 heavy (non-hydrogen) atoms. The summed E-state index contributed by atoms with van der Waals surface area (Å²) in [6.07, 6.45) is 4.45. The Bertz CT molecular complexity index is 638. The van der Waals surface area contributed by atoms with Crippen LogP contribution >= 0.6 is 11.8 Å². The number of carbonyl (C=O) groups is 1. The zero-order valence-corrected chi connectivity index (χ0v) is 12.3. The topological polar surface area (TPSA) is 30.0 Å². The molecule has 2 aromatic rings. The second-order valence-electron chi connectivity index (χ2n) is 5.23. The van der Waals surface area contributed by atoms with E-state index in [0.29, 0.717) is 11.7 Å². The lowest BCUT2D eigenvalue weighted by molar-refractivity contribution is 0.0976. The molecule has 2 nitrogen and oxygen atoms in total. The number of aryl methyl sites for hydroxylation is 2. The lowest BCUT2D eigenvalue weighted by atomic mass is 10.0. The van der Waals surface area contributed by atoms with Crippen LogP contribution in [0.25, 0.3) is 0 Å². The van der Waals surface area contributed by atoms with E-state index in [0.717, 1.165) is 29.0 Å². The molecule has 0 N–H and O–H groups in total. The Kier molecular flexibility index (Phi) is 3.88. The van der Waals surface area contributed by atoms with Crippen LogP contribution in [0.4, 0.5) is 0 Å². The molecule has 2 heterocycles. The van der Waals surface area contributed by atoms with Gasteiger partial charge in [0, 0.05) is 34.0 Å². The maximum atomic E-state index is 12.1. The third kappa shape index (κ3) is 2.93. The van der Waals surface area contributed by atoms with Crippen LogP contribution in [0.3, 0.4) is 0 Å². The summed E-state index contributed by atoms with van der Waals surface area (Å²) < 4.78 is 0. The second-order valence-corrected chi connectivity index (χ2v) is 6.57. The van der Waals surface area contributed by atoms with Crippen LogP contribution in [-0.4, -0.2) is 16.0 Å². The molecule has 0 saturated carbocycles. The number of Topliss-reactive ketones (excluding diaryl/α,β-unsaturated/α-hetero) is 1. The average molecular weight is 283 g/mol. The van der Waals surface area contributed by atoms with Crippen molar-refractivity contribution < 1.29 is 4.79 Å². The first-order valence-corrected chi connectivity index (χ1v) is 7.81. The van der Waals surface area contributed by atoms with Crippen molar-refractivity contribution in [2.75, 3.05) is 0 Å². The zero-order chi connectivity index (χ0) is 13.9. The van der Waals surface area contributed by atoms with Gasteiger partial charge in [-0.05, 0) is 43.5 Å². The van der Waals surface area contributed by atoms with Crippen LogP contribution in [0, 0.1) is 6.92 Å². The van der Waals surface area contributed by atoms with Gasteiger partial charge in [0.1, 0.15) is 0 Å². The van der Waals surface area contributed by atoms with Gasteiger partial charge in [0.2, 0.25) is 0 Å².